The van der Waals surface area contributed by atoms with E-state index in [9.17, 15) is 4.79 Å². The third-order valence-corrected chi connectivity index (χ3v) is 1.98. The molecule has 0 aliphatic rings. The number of ether oxygens (including phenoxy) is 1. The highest BCUT2D eigenvalue weighted by molar-refractivity contribution is 5.80. The van der Waals surface area contributed by atoms with E-state index in [1.807, 2.05) is 6.92 Å². The number of aliphatic carboxylic acids is 1. The maximum atomic E-state index is 10.3. The first-order chi connectivity index (χ1) is 7.16. The Labute approximate surface area is 85.2 Å². The van der Waals surface area contributed by atoms with Gasteiger partial charge in [-0.25, -0.2) is 4.79 Å². The largest absolute Gasteiger partial charge is 0.482 e. The molecule has 0 atom stereocenters. The second-order valence-electron chi connectivity index (χ2n) is 3.11. The number of carboxylic acids is 1. The minimum Gasteiger partial charge on any atom is -0.482 e. The molecule has 0 saturated heterocycles. The maximum Gasteiger partial charge on any atom is 0.341 e. The highest BCUT2D eigenvalue weighted by Crippen LogP contribution is 2.23. The van der Waals surface area contributed by atoms with Gasteiger partial charge in [-0.1, -0.05) is 5.16 Å². The number of nitrogens with zero attached hydrogens (tertiary/aromatic N) is 1. The van der Waals surface area contributed by atoms with Gasteiger partial charge in [-0.3, -0.25) is 0 Å². The molecule has 1 aromatic carbocycles. The molecule has 15 heavy (non-hydrogen) atoms. The third-order valence-electron chi connectivity index (χ3n) is 1.98. The molecule has 2 rings (SSSR count). The Bertz CT molecular complexity index is 503. The molecule has 1 heterocycles. The van der Waals surface area contributed by atoms with Gasteiger partial charge in [-0.05, 0) is 25.1 Å². The maximum absolute atomic E-state index is 10.3. The number of benzene rings is 1. The summed E-state index contributed by atoms with van der Waals surface area (Å²) < 4.78 is 10.0. The Morgan fingerprint density at radius 2 is 2.40 bits per heavy atom. The van der Waals surface area contributed by atoms with Crippen LogP contribution in [0.25, 0.3) is 11.0 Å². The first kappa shape index (κ1) is 9.51. The number of fused-ring (bicyclic) bond motifs is 1. The Kier molecular flexibility index (Phi) is 2.29. The lowest BCUT2D eigenvalue weighted by Gasteiger charge is -2.01. The van der Waals surface area contributed by atoms with E-state index in [0.717, 1.165) is 11.1 Å². The molecule has 0 unspecified atom stereocenters. The Hall–Kier alpha value is -2.04. The van der Waals surface area contributed by atoms with Crippen molar-refractivity contribution in [2.45, 2.75) is 6.92 Å². The van der Waals surface area contributed by atoms with E-state index >= 15 is 0 Å². The molecule has 0 aliphatic carbocycles. The van der Waals surface area contributed by atoms with Gasteiger partial charge >= 0.3 is 5.97 Å². The standard InChI is InChI=1S/C10H9NO4/c1-6-8-4-7(14-5-10(12)13)2-3-9(8)15-11-6/h2-4H,5H2,1H3,(H,12,13). The summed E-state index contributed by atoms with van der Waals surface area (Å²) in [5, 5.41) is 13.1. The van der Waals surface area contributed by atoms with E-state index in [4.69, 9.17) is 14.4 Å². The zero-order chi connectivity index (χ0) is 10.8. The molecule has 78 valence electrons. The van der Waals surface area contributed by atoms with Gasteiger partial charge in [-0.15, -0.1) is 0 Å². The fraction of sp³-hybridized carbons (Fsp3) is 0.200. The van der Waals surface area contributed by atoms with E-state index < -0.39 is 5.97 Å². The summed E-state index contributed by atoms with van der Waals surface area (Å²) in [6.45, 7) is 1.46. The number of rotatable bonds is 3. The SMILES string of the molecule is Cc1noc2ccc(OCC(=O)O)cc12. The molecule has 0 radical (unpaired) electrons. The molecule has 0 fully saturated rings. The average molecular weight is 207 g/mol. The van der Waals surface area contributed by atoms with Crippen LogP contribution in [0.4, 0.5) is 0 Å². The number of aryl methyl sites for hydroxylation is 1. The smallest absolute Gasteiger partial charge is 0.341 e. The molecule has 1 N–H and O–H groups in total. The summed E-state index contributed by atoms with van der Waals surface area (Å²) in [6, 6.07) is 5.06. The summed E-state index contributed by atoms with van der Waals surface area (Å²) in [5.74, 6) is -0.506. The van der Waals surface area contributed by atoms with Crippen molar-refractivity contribution in [3.05, 3.63) is 23.9 Å². The van der Waals surface area contributed by atoms with Crippen molar-refractivity contribution in [1.82, 2.24) is 5.16 Å². The van der Waals surface area contributed by atoms with Gasteiger partial charge in [0.1, 0.15) is 5.75 Å². The lowest BCUT2D eigenvalue weighted by atomic mass is 10.2. The van der Waals surface area contributed by atoms with Crippen LogP contribution in [0.1, 0.15) is 5.69 Å². The van der Waals surface area contributed by atoms with Crippen molar-refractivity contribution < 1.29 is 19.2 Å². The zero-order valence-corrected chi connectivity index (χ0v) is 8.06. The van der Waals surface area contributed by atoms with E-state index in [1.54, 1.807) is 18.2 Å². The number of aromatic nitrogens is 1. The second kappa shape index (κ2) is 3.61. The minimum atomic E-state index is -1.00. The molecule has 5 heteroatoms. The lowest BCUT2D eigenvalue weighted by molar-refractivity contribution is -0.139. The first-order valence-electron chi connectivity index (χ1n) is 4.37. The number of hydrogen-bond donors (Lipinski definition) is 1. The van der Waals surface area contributed by atoms with Crippen LogP contribution in [0.15, 0.2) is 22.7 Å². The predicted octanol–water partition coefficient (Wildman–Crippen LogP) is 1.60. The van der Waals surface area contributed by atoms with Crippen LogP contribution in [0.3, 0.4) is 0 Å². The fourth-order valence-electron chi connectivity index (χ4n) is 1.27. The molecular formula is C10H9NO4. The predicted molar refractivity (Wildman–Crippen MR) is 51.9 cm³/mol. The van der Waals surface area contributed by atoms with Gasteiger partial charge in [-0.2, -0.15) is 0 Å². The average Bonchev–Trinajstić information content (AvgIpc) is 2.57. The van der Waals surface area contributed by atoms with Gasteiger partial charge < -0.3 is 14.4 Å². The van der Waals surface area contributed by atoms with Crippen LogP contribution in [-0.4, -0.2) is 22.8 Å². The van der Waals surface area contributed by atoms with Crippen LogP contribution in [0.5, 0.6) is 5.75 Å². The molecule has 5 nitrogen and oxygen atoms in total. The third kappa shape index (κ3) is 1.90. The number of hydrogen-bond acceptors (Lipinski definition) is 4. The van der Waals surface area contributed by atoms with E-state index in [0.29, 0.717) is 11.3 Å². The molecule has 0 amide bonds. The van der Waals surface area contributed by atoms with Gasteiger partial charge in [0.25, 0.3) is 0 Å². The zero-order valence-electron chi connectivity index (χ0n) is 8.06. The normalized spacial score (nSPS) is 10.5. The second-order valence-corrected chi connectivity index (χ2v) is 3.11. The number of carbonyl (C=O) groups is 1. The first-order valence-corrected chi connectivity index (χ1v) is 4.37. The molecule has 2 aromatic rings. The van der Waals surface area contributed by atoms with Crippen molar-refractivity contribution in [3.63, 3.8) is 0 Å². The van der Waals surface area contributed by atoms with Crippen molar-refractivity contribution in [1.29, 1.82) is 0 Å². The van der Waals surface area contributed by atoms with Crippen molar-refractivity contribution in [3.8, 4) is 5.75 Å². The van der Waals surface area contributed by atoms with Gasteiger partial charge in [0.2, 0.25) is 0 Å². The van der Waals surface area contributed by atoms with Crippen LogP contribution < -0.4 is 4.74 Å². The van der Waals surface area contributed by atoms with Crippen LogP contribution in [0, 0.1) is 6.92 Å². The summed E-state index contributed by atoms with van der Waals surface area (Å²) >= 11 is 0. The van der Waals surface area contributed by atoms with E-state index in [-0.39, 0.29) is 6.61 Å². The molecule has 0 spiro atoms. The molecule has 1 aromatic heterocycles. The summed E-state index contributed by atoms with van der Waals surface area (Å²) in [4.78, 5) is 10.3. The Morgan fingerprint density at radius 3 is 3.13 bits per heavy atom. The summed E-state index contributed by atoms with van der Waals surface area (Å²) in [5.41, 5.74) is 1.42. The van der Waals surface area contributed by atoms with Gasteiger partial charge in [0.05, 0.1) is 5.69 Å². The highest BCUT2D eigenvalue weighted by atomic mass is 16.5. The fourth-order valence-corrected chi connectivity index (χ4v) is 1.27. The molecule has 0 aliphatic heterocycles. The molecular weight excluding hydrogens is 198 g/mol. The van der Waals surface area contributed by atoms with Crippen LogP contribution >= 0.6 is 0 Å². The topological polar surface area (TPSA) is 72.6 Å². The molecule has 0 saturated carbocycles. The van der Waals surface area contributed by atoms with E-state index in [1.165, 1.54) is 0 Å². The Balaban J connectivity index is 2.29. The monoisotopic (exact) mass is 207 g/mol. The minimum absolute atomic E-state index is 0.351. The molecule has 0 bridgehead atoms. The lowest BCUT2D eigenvalue weighted by Crippen LogP contribution is -2.09. The van der Waals surface area contributed by atoms with Gasteiger partial charge in [0, 0.05) is 5.39 Å². The quantitative estimate of drug-likeness (QED) is 0.827. The van der Waals surface area contributed by atoms with Crippen molar-refractivity contribution >= 4 is 16.9 Å². The van der Waals surface area contributed by atoms with E-state index in [2.05, 4.69) is 5.16 Å². The van der Waals surface area contributed by atoms with Crippen LogP contribution in [0.2, 0.25) is 0 Å². The summed E-state index contributed by atoms with van der Waals surface area (Å²) in [7, 11) is 0. The Morgan fingerprint density at radius 1 is 1.60 bits per heavy atom. The number of carboxylic acid groups (broad SMARTS) is 1. The van der Waals surface area contributed by atoms with Crippen LogP contribution in [-0.2, 0) is 4.79 Å². The highest BCUT2D eigenvalue weighted by Gasteiger charge is 2.06. The van der Waals surface area contributed by atoms with Crippen molar-refractivity contribution in [2.24, 2.45) is 0 Å². The van der Waals surface area contributed by atoms with Crippen molar-refractivity contribution in [2.75, 3.05) is 6.61 Å². The summed E-state index contributed by atoms with van der Waals surface area (Å²) in [6.07, 6.45) is 0. The van der Waals surface area contributed by atoms with Gasteiger partial charge in [0.15, 0.2) is 12.2 Å².